The first-order valence-corrected chi connectivity index (χ1v) is 13.1. The van der Waals surface area contributed by atoms with Crippen molar-refractivity contribution in [2.24, 2.45) is 5.92 Å². The number of hydrogen-bond acceptors (Lipinski definition) is 6. The molecule has 7 heteroatoms. The number of piperidine rings is 1. The van der Waals surface area contributed by atoms with E-state index >= 15 is 0 Å². The summed E-state index contributed by atoms with van der Waals surface area (Å²) in [5, 5.41) is 17.0. The average molecular weight is 482 g/mol. The number of hydrogen-bond donors (Lipinski definition) is 2. The Hall–Kier alpha value is -3.16. The molecule has 1 spiro atoms. The Bertz CT molecular complexity index is 1550. The average Bonchev–Trinajstić information content (AvgIpc) is 3.53. The number of benzene rings is 2. The van der Waals surface area contributed by atoms with Crippen molar-refractivity contribution >= 4 is 22.5 Å². The van der Waals surface area contributed by atoms with Gasteiger partial charge in [-0.1, -0.05) is 12.1 Å². The van der Waals surface area contributed by atoms with E-state index in [1.807, 2.05) is 24.3 Å². The first-order chi connectivity index (χ1) is 17.5. The molecule has 1 saturated carbocycles. The molecule has 6 aliphatic rings. The third kappa shape index (κ3) is 2.08. The monoisotopic (exact) mass is 481 g/mol. The molecule has 3 aliphatic heterocycles. The molecule has 1 saturated heterocycles. The number of nitrogens with zero attached hydrogens (tertiary/aromatic N) is 2. The molecule has 2 unspecified atom stereocenters. The summed E-state index contributed by atoms with van der Waals surface area (Å²) in [5.74, 6) is 2.11. The van der Waals surface area contributed by atoms with Crippen molar-refractivity contribution in [2.45, 2.75) is 55.3 Å². The summed E-state index contributed by atoms with van der Waals surface area (Å²) in [7, 11) is 1.68. The molecular weight excluding hydrogens is 454 g/mol. The third-order valence-corrected chi connectivity index (χ3v) is 10.0. The second-order valence-corrected chi connectivity index (χ2v) is 11.6. The van der Waals surface area contributed by atoms with E-state index in [1.165, 1.54) is 18.4 Å². The molecule has 9 rings (SSSR count). The molecule has 1 aromatic heterocycles. The third-order valence-electron chi connectivity index (χ3n) is 10.0. The predicted molar refractivity (Wildman–Crippen MR) is 133 cm³/mol. The van der Waals surface area contributed by atoms with E-state index in [0.717, 1.165) is 71.0 Å². The molecule has 36 heavy (non-hydrogen) atoms. The highest BCUT2D eigenvalue weighted by Crippen LogP contribution is 2.69. The molecule has 182 valence electrons. The number of ether oxygens (including phenoxy) is 2. The molecule has 7 nitrogen and oxygen atoms in total. The van der Waals surface area contributed by atoms with Crippen molar-refractivity contribution in [3.63, 3.8) is 0 Å². The van der Waals surface area contributed by atoms with Gasteiger partial charge >= 0.3 is 0 Å². The zero-order chi connectivity index (χ0) is 24.0. The number of nitrogens with one attached hydrogen (secondary N) is 1. The van der Waals surface area contributed by atoms with Gasteiger partial charge in [0.15, 0.2) is 17.6 Å². The zero-order valence-corrected chi connectivity index (χ0v) is 20.1. The Kier molecular flexibility index (Phi) is 3.44. The summed E-state index contributed by atoms with van der Waals surface area (Å²) < 4.78 is 12.6. The van der Waals surface area contributed by atoms with Gasteiger partial charge in [0.05, 0.1) is 40.6 Å². The Labute approximate surface area is 208 Å². The van der Waals surface area contributed by atoms with Crippen LogP contribution in [0.3, 0.4) is 0 Å². The fourth-order valence-electron chi connectivity index (χ4n) is 8.35. The van der Waals surface area contributed by atoms with E-state index in [2.05, 4.69) is 16.3 Å². The second-order valence-electron chi connectivity index (χ2n) is 11.6. The van der Waals surface area contributed by atoms with E-state index in [-0.39, 0.29) is 11.9 Å². The maximum absolute atomic E-state index is 13.0. The van der Waals surface area contributed by atoms with Gasteiger partial charge in [-0.3, -0.25) is 9.69 Å². The Morgan fingerprint density at radius 1 is 1.28 bits per heavy atom. The maximum Gasteiger partial charge on any atom is 0.256 e. The molecule has 1 amide bonds. The lowest BCUT2D eigenvalue weighted by atomic mass is 9.48. The first kappa shape index (κ1) is 20.0. The van der Waals surface area contributed by atoms with Crippen molar-refractivity contribution in [3.05, 3.63) is 58.3 Å². The summed E-state index contributed by atoms with van der Waals surface area (Å²) in [6.45, 7) is 1.99. The van der Waals surface area contributed by atoms with E-state index in [1.54, 1.807) is 7.11 Å². The lowest BCUT2D eigenvalue weighted by Gasteiger charge is -2.63. The molecule has 2 fully saturated rings. The Morgan fingerprint density at radius 3 is 3.00 bits per heavy atom. The molecule has 0 radical (unpaired) electrons. The van der Waals surface area contributed by atoms with Gasteiger partial charge in [-0.15, -0.1) is 0 Å². The fraction of sp³-hybridized carbons (Fsp3) is 0.448. The smallest absolute Gasteiger partial charge is 0.256 e. The largest absolute Gasteiger partial charge is 0.493 e. The van der Waals surface area contributed by atoms with Crippen LogP contribution in [0.4, 0.5) is 5.69 Å². The molecule has 2 aromatic carbocycles. The first-order valence-electron chi connectivity index (χ1n) is 13.1. The molecule has 2 bridgehead atoms. The minimum atomic E-state index is -1.03. The minimum Gasteiger partial charge on any atom is -0.493 e. The van der Waals surface area contributed by atoms with Gasteiger partial charge in [0.25, 0.3) is 5.91 Å². The lowest BCUT2D eigenvalue weighted by Crippen LogP contribution is -2.74. The number of fused-ring (bicyclic) bond motifs is 3. The van der Waals surface area contributed by atoms with Crippen LogP contribution in [0.2, 0.25) is 0 Å². The lowest BCUT2D eigenvalue weighted by molar-refractivity contribution is -0.173. The van der Waals surface area contributed by atoms with Crippen molar-refractivity contribution in [1.82, 2.24) is 9.88 Å². The highest BCUT2D eigenvalue weighted by molar-refractivity contribution is 6.24. The predicted octanol–water partition coefficient (Wildman–Crippen LogP) is 3.51. The fourth-order valence-corrected chi connectivity index (χ4v) is 8.35. The molecule has 4 heterocycles. The van der Waals surface area contributed by atoms with Crippen LogP contribution in [-0.2, 0) is 18.3 Å². The molecular formula is C29H27N3O4. The highest BCUT2D eigenvalue weighted by atomic mass is 16.5. The van der Waals surface area contributed by atoms with Gasteiger partial charge < -0.3 is 19.9 Å². The van der Waals surface area contributed by atoms with Crippen LogP contribution in [0.15, 0.2) is 30.3 Å². The van der Waals surface area contributed by atoms with Gasteiger partial charge in [0.2, 0.25) is 0 Å². The van der Waals surface area contributed by atoms with Crippen molar-refractivity contribution < 1.29 is 19.4 Å². The summed E-state index contributed by atoms with van der Waals surface area (Å²) in [6.07, 6.45) is 4.20. The molecule has 3 aliphatic carbocycles. The molecule has 3 aromatic rings. The van der Waals surface area contributed by atoms with Crippen LogP contribution in [-0.4, -0.2) is 52.7 Å². The summed E-state index contributed by atoms with van der Waals surface area (Å²) >= 11 is 0. The number of aromatic nitrogens is 1. The van der Waals surface area contributed by atoms with Crippen molar-refractivity contribution in [2.75, 3.05) is 25.5 Å². The van der Waals surface area contributed by atoms with E-state index in [0.29, 0.717) is 17.7 Å². The maximum atomic E-state index is 13.0. The Morgan fingerprint density at radius 2 is 2.17 bits per heavy atom. The number of methoxy groups -OCH3 is 1. The standard InChI is InChI=1S/C29H27N3O4/c1-35-19-8-7-15-11-20-29(34)12-17-23-21-16(27(33)31-23)3-2-4-18(21)30-24(17)26-28(29,22(15)25(19)36-26)9-10-32(20)13-14-5-6-14/h2-4,7-8,14,20,26,34H,5-6,9-13H2,1H3,(H,31,33)/t20-,26?,28+,29?/m1/s1. The number of amides is 1. The molecule has 2 N–H and O–H groups in total. The van der Waals surface area contributed by atoms with Gasteiger partial charge in [0.1, 0.15) is 0 Å². The number of anilines is 1. The number of aliphatic hydroxyl groups is 1. The van der Waals surface area contributed by atoms with E-state index < -0.39 is 17.1 Å². The van der Waals surface area contributed by atoms with Gasteiger partial charge in [-0.05, 0) is 61.9 Å². The minimum absolute atomic E-state index is 0.00631. The SMILES string of the molecule is COc1ccc2c3c1OC1c4nc5cccc6c5c(c4CC4(O)[C@@H](C2)N(CC2CC2)CC[C@]314)NC6=O. The van der Waals surface area contributed by atoms with Crippen LogP contribution < -0.4 is 14.8 Å². The van der Waals surface area contributed by atoms with E-state index in [4.69, 9.17) is 14.5 Å². The number of carbonyl (C=O) groups is 1. The number of pyridine rings is 1. The Balaban J connectivity index is 1.35. The normalized spacial score (nSPS) is 32.7. The van der Waals surface area contributed by atoms with Crippen molar-refractivity contribution in [3.8, 4) is 11.5 Å². The van der Waals surface area contributed by atoms with Crippen LogP contribution in [0.25, 0.3) is 10.9 Å². The van der Waals surface area contributed by atoms with Gasteiger partial charge in [0, 0.05) is 35.5 Å². The number of carbonyl (C=O) groups excluding carboxylic acids is 1. The summed E-state index contributed by atoms with van der Waals surface area (Å²) in [6, 6.07) is 9.89. The second kappa shape index (κ2) is 6.21. The van der Waals surface area contributed by atoms with Crippen LogP contribution in [0, 0.1) is 5.92 Å². The highest BCUT2D eigenvalue weighted by Gasteiger charge is 2.73. The number of rotatable bonds is 3. The summed E-state index contributed by atoms with van der Waals surface area (Å²) in [5.41, 5.74) is 4.80. The quantitative estimate of drug-likeness (QED) is 0.596. The van der Waals surface area contributed by atoms with Crippen LogP contribution in [0.5, 0.6) is 11.5 Å². The van der Waals surface area contributed by atoms with E-state index in [9.17, 15) is 9.90 Å². The summed E-state index contributed by atoms with van der Waals surface area (Å²) in [4.78, 5) is 20.6. The number of likely N-dealkylation sites (tertiary alicyclic amines) is 1. The van der Waals surface area contributed by atoms with Gasteiger partial charge in [-0.25, -0.2) is 4.98 Å². The van der Waals surface area contributed by atoms with Gasteiger partial charge in [-0.2, -0.15) is 0 Å². The van der Waals surface area contributed by atoms with Crippen molar-refractivity contribution in [1.29, 1.82) is 0 Å². The van der Waals surface area contributed by atoms with Crippen LogP contribution >= 0.6 is 0 Å². The van der Waals surface area contributed by atoms with Crippen LogP contribution in [0.1, 0.15) is 58.1 Å². The molecule has 4 atom stereocenters. The topological polar surface area (TPSA) is 83.9 Å². The zero-order valence-electron chi connectivity index (χ0n) is 20.1.